The Kier molecular flexibility index (Phi) is 5.34. The lowest BCUT2D eigenvalue weighted by Gasteiger charge is -2.11. The van der Waals surface area contributed by atoms with Crippen molar-refractivity contribution >= 4 is 40.1 Å². The fraction of sp³-hybridized carbons (Fsp3) is 0.263. The monoisotopic (exact) mass is 430 g/mol. The SMILES string of the molecule is COC(=O)c1cnc(Cl)c(Cc2cc3c(C)cc(C(F)(F)F)cc3n2C)c1Cl. The summed E-state index contributed by atoms with van der Waals surface area (Å²) in [6.07, 6.45) is -3.03. The number of esters is 1. The second-order valence-electron chi connectivity index (χ2n) is 6.34. The van der Waals surface area contributed by atoms with E-state index in [0.717, 1.165) is 12.1 Å². The smallest absolute Gasteiger partial charge is 0.416 e. The minimum atomic E-state index is -4.44. The zero-order valence-electron chi connectivity index (χ0n) is 15.1. The molecule has 0 radical (unpaired) electrons. The maximum absolute atomic E-state index is 13.1. The van der Waals surface area contributed by atoms with Crippen LogP contribution in [0.25, 0.3) is 10.9 Å². The highest BCUT2D eigenvalue weighted by Crippen LogP contribution is 2.35. The number of hydrogen-bond acceptors (Lipinski definition) is 3. The van der Waals surface area contributed by atoms with E-state index < -0.39 is 17.7 Å². The summed E-state index contributed by atoms with van der Waals surface area (Å²) in [6, 6.07) is 4.01. The maximum Gasteiger partial charge on any atom is 0.416 e. The molecule has 0 aliphatic heterocycles. The second kappa shape index (κ2) is 7.29. The summed E-state index contributed by atoms with van der Waals surface area (Å²) in [6.45, 7) is 1.63. The van der Waals surface area contributed by atoms with Gasteiger partial charge in [0, 0.05) is 41.8 Å². The number of benzene rings is 1. The molecule has 2 heterocycles. The molecule has 0 aliphatic carbocycles. The predicted octanol–water partition coefficient (Wildman–Crippen LogP) is 5.58. The van der Waals surface area contributed by atoms with Gasteiger partial charge in [-0.25, -0.2) is 9.78 Å². The number of halogens is 5. The lowest BCUT2D eigenvalue weighted by Crippen LogP contribution is -2.07. The van der Waals surface area contributed by atoms with Gasteiger partial charge in [-0.1, -0.05) is 23.2 Å². The number of alkyl halides is 3. The summed E-state index contributed by atoms with van der Waals surface area (Å²) >= 11 is 12.5. The van der Waals surface area contributed by atoms with Gasteiger partial charge in [0.25, 0.3) is 0 Å². The van der Waals surface area contributed by atoms with Crippen molar-refractivity contribution in [2.45, 2.75) is 19.5 Å². The third-order valence-corrected chi connectivity index (χ3v) is 5.37. The van der Waals surface area contributed by atoms with E-state index in [2.05, 4.69) is 9.72 Å². The Bertz CT molecular complexity index is 1090. The van der Waals surface area contributed by atoms with Crippen molar-refractivity contribution in [1.82, 2.24) is 9.55 Å². The van der Waals surface area contributed by atoms with Gasteiger partial charge in [-0.3, -0.25) is 0 Å². The Morgan fingerprint density at radius 3 is 2.54 bits per heavy atom. The largest absolute Gasteiger partial charge is 0.465 e. The van der Waals surface area contributed by atoms with E-state index in [-0.39, 0.29) is 22.2 Å². The van der Waals surface area contributed by atoms with Gasteiger partial charge in [0.05, 0.1) is 23.3 Å². The summed E-state index contributed by atoms with van der Waals surface area (Å²) < 4.78 is 45.8. The van der Waals surface area contributed by atoms with Crippen molar-refractivity contribution in [2.24, 2.45) is 7.05 Å². The van der Waals surface area contributed by atoms with Gasteiger partial charge in [0.15, 0.2) is 0 Å². The number of nitrogens with zero attached hydrogens (tertiary/aromatic N) is 2. The zero-order chi connectivity index (χ0) is 20.8. The Morgan fingerprint density at radius 2 is 1.93 bits per heavy atom. The minimum Gasteiger partial charge on any atom is -0.465 e. The number of aryl methyl sites for hydroxylation is 2. The van der Waals surface area contributed by atoms with Crippen LogP contribution < -0.4 is 0 Å². The third-order valence-electron chi connectivity index (χ3n) is 4.62. The number of ether oxygens (including phenoxy) is 1. The number of fused-ring (bicyclic) bond motifs is 1. The quantitative estimate of drug-likeness (QED) is 0.402. The number of pyridine rings is 1. The topological polar surface area (TPSA) is 44.1 Å². The molecule has 0 saturated carbocycles. The molecule has 3 rings (SSSR count). The number of rotatable bonds is 3. The first-order valence-electron chi connectivity index (χ1n) is 8.12. The Morgan fingerprint density at radius 1 is 1.25 bits per heavy atom. The van der Waals surface area contributed by atoms with Crippen molar-refractivity contribution in [3.63, 3.8) is 0 Å². The number of carbonyl (C=O) groups is 1. The standard InChI is InChI=1S/C19H15Cl2F3N2O2/c1-9-4-10(19(22,23)24)5-15-12(9)6-11(26(15)2)7-13-16(20)14(18(27)28-3)8-25-17(13)21/h4-6,8H,7H2,1-3H3. The molecule has 0 N–H and O–H groups in total. The molecule has 3 aromatic rings. The second-order valence-corrected chi connectivity index (χ2v) is 7.08. The number of aromatic nitrogens is 2. The summed E-state index contributed by atoms with van der Waals surface area (Å²) in [5.74, 6) is -0.655. The first-order chi connectivity index (χ1) is 13.0. The van der Waals surface area contributed by atoms with Crippen LogP contribution in [-0.2, 0) is 24.4 Å². The highest BCUT2D eigenvalue weighted by Gasteiger charge is 2.31. The number of carbonyl (C=O) groups excluding carboxylic acids is 1. The molecule has 148 valence electrons. The van der Waals surface area contributed by atoms with Gasteiger partial charge >= 0.3 is 12.1 Å². The molecule has 9 heteroatoms. The molecule has 0 amide bonds. The van der Waals surface area contributed by atoms with Crippen LogP contribution in [0.15, 0.2) is 24.4 Å². The van der Waals surface area contributed by atoms with E-state index in [1.54, 1.807) is 24.6 Å². The average molecular weight is 431 g/mol. The molecule has 0 unspecified atom stereocenters. The normalized spacial score (nSPS) is 11.9. The molecule has 1 aromatic carbocycles. The van der Waals surface area contributed by atoms with Crippen LogP contribution in [0.3, 0.4) is 0 Å². The zero-order valence-corrected chi connectivity index (χ0v) is 16.6. The summed E-state index contributed by atoms with van der Waals surface area (Å²) in [5.41, 5.74) is 1.36. The first-order valence-corrected chi connectivity index (χ1v) is 8.87. The van der Waals surface area contributed by atoms with Gasteiger partial charge in [-0.2, -0.15) is 13.2 Å². The van der Waals surface area contributed by atoms with E-state index in [9.17, 15) is 18.0 Å². The van der Waals surface area contributed by atoms with E-state index in [1.807, 2.05) is 0 Å². The van der Waals surface area contributed by atoms with Gasteiger partial charge in [0.2, 0.25) is 0 Å². The van der Waals surface area contributed by atoms with E-state index in [4.69, 9.17) is 23.2 Å². The third kappa shape index (κ3) is 3.56. The molecule has 0 spiro atoms. The van der Waals surface area contributed by atoms with Gasteiger partial charge in [0.1, 0.15) is 5.15 Å². The fourth-order valence-electron chi connectivity index (χ4n) is 3.09. The lowest BCUT2D eigenvalue weighted by molar-refractivity contribution is -0.137. The van der Waals surface area contributed by atoms with Gasteiger partial charge in [-0.05, 0) is 30.7 Å². The van der Waals surface area contributed by atoms with Crippen LogP contribution in [-0.4, -0.2) is 22.6 Å². The lowest BCUT2D eigenvalue weighted by atomic mass is 10.1. The highest BCUT2D eigenvalue weighted by atomic mass is 35.5. The van der Waals surface area contributed by atoms with Gasteiger partial charge in [-0.15, -0.1) is 0 Å². The molecular weight excluding hydrogens is 416 g/mol. The van der Waals surface area contributed by atoms with Crippen LogP contribution in [0.2, 0.25) is 10.2 Å². The summed E-state index contributed by atoms with van der Waals surface area (Å²) in [5, 5.41) is 0.898. The van der Waals surface area contributed by atoms with Crippen LogP contribution in [0, 0.1) is 6.92 Å². The van der Waals surface area contributed by atoms with E-state index in [0.29, 0.717) is 27.7 Å². The van der Waals surface area contributed by atoms with Crippen LogP contribution in [0.4, 0.5) is 13.2 Å². The molecule has 0 saturated heterocycles. The summed E-state index contributed by atoms with van der Waals surface area (Å²) in [7, 11) is 2.88. The Balaban J connectivity index is 2.13. The van der Waals surface area contributed by atoms with Crippen molar-refractivity contribution < 1.29 is 22.7 Å². The molecule has 0 atom stereocenters. The maximum atomic E-state index is 13.1. The molecule has 2 aromatic heterocycles. The van der Waals surface area contributed by atoms with Crippen LogP contribution in [0.5, 0.6) is 0 Å². The van der Waals surface area contributed by atoms with Crippen molar-refractivity contribution in [3.05, 3.63) is 62.5 Å². The fourth-order valence-corrected chi connectivity index (χ4v) is 3.63. The van der Waals surface area contributed by atoms with Crippen LogP contribution >= 0.6 is 23.2 Å². The molecule has 0 aliphatic rings. The van der Waals surface area contributed by atoms with E-state index in [1.165, 1.54) is 13.3 Å². The van der Waals surface area contributed by atoms with Gasteiger partial charge < -0.3 is 9.30 Å². The molecule has 0 bridgehead atoms. The molecule has 0 fully saturated rings. The predicted molar refractivity (Wildman–Crippen MR) is 101 cm³/mol. The highest BCUT2D eigenvalue weighted by molar-refractivity contribution is 6.37. The first kappa shape index (κ1) is 20.5. The minimum absolute atomic E-state index is 0.0675. The van der Waals surface area contributed by atoms with Crippen molar-refractivity contribution in [3.8, 4) is 0 Å². The number of hydrogen-bond donors (Lipinski definition) is 0. The van der Waals surface area contributed by atoms with Crippen molar-refractivity contribution in [1.29, 1.82) is 0 Å². The summed E-state index contributed by atoms with van der Waals surface area (Å²) in [4.78, 5) is 15.8. The Hall–Kier alpha value is -2.25. The molecule has 4 nitrogen and oxygen atoms in total. The molecule has 28 heavy (non-hydrogen) atoms. The van der Waals surface area contributed by atoms with E-state index >= 15 is 0 Å². The van der Waals surface area contributed by atoms with Crippen LogP contribution in [0.1, 0.15) is 32.7 Å². The van der Waals surface area contributed by atoms with Crippen molar-refractivity contribution in [2.75, 3.05) is 7.11 Å². The molecular formula is C19H15Cl2F3N2O2. The average Bonchev–Trinajstić information content (AvgIpc) is 2.94. The number of methoxy groups -OCH3 is 1. The Labute approximate surface area is 168 Å².